The molecule has 90 valence electrons. The molecule has 0 radical (unpaired) electrons. The Balaban J connectivity index is 2.45. The van der Waals surface area contributed by atoms with E-state index in [0.717, 1.165) is 38.5 Å². The van der Waals surface area contributed by atoms with Crippen LogP contribution in [0.15, 0.2) is 0 Å². The Morgan fingerprint density at radius 3 is 2.20 bits per heavy atom. The molecule has 0 aromatic heterocycles. The summed E-state index contributed by atoms with van der Waals surface area (Å²) in [4.78, 5) is 0. The SMILES string of the molecule is CCCCC1(CCCC)OCC(CO)O1. The van der Waals surface area contributed by atoms with E-state index in [2.05, 4.69) is 13.8 Å². The summed E-state index contributed by atoms with van der Waals surface area (Å²) in [6.45, 7) is 4.96. The van der Waals surface area contributed by atoms with Gasteiger partial charge in [0, 0.05) is 12.8 Å². The van der Waals surface area contributed by atoms with Crippen LogP contribution in [-0.2, 0) is 9.47 Å². The highest BCUT2D eigenvalue weighted by Gasteiger charge is 2.39. The fraction of sp³-hybridized carbons (Fsp3) is 1.00. The van der Waals surface area contributed by atoms with Gasteiger partial charge in [0.25, 0.3) is 0 Å². The predicted octanol–water partition coefficient (Wildman–Crippen LogP) is 2.47. The third-order valence-corrected chi connectivity index (χ3v) is 2.94. The molecule has 0 spiro atoms. The third-order valence-electron chi connectivity index (χ3n) is 2.94. The summed E-state index contributed by atoms with van der Waals surface area (Å²) in [6.07, 6.45) is 6.37. The fourth-order valence-electron chi connectivity index (χ4n) is 1.99. The maximum Gasteiger partial charge on any atom is 0.169 e. The smallest absolute Gasteiger partial charge is 0.169 e. The van der Waals surface area contributed by atoms with Crippen LogP contribution in [0.2, 0.25) is 0 Å². The zero-order valence-corrected chi connectivity index (χ0v) is 10.00. The molecule has 1 aliphatic rings. The van der Waals surface area contributed by atoms with E-state index < -0.39 is 0 Å². The van der Waals surface area contributed by atoms with Gasteiger partial charge in [-0.25, -0.2) is 0 Å². The van der Waals surface area contributed by atoms with Crippen LogP contribution in [0.1, 0.15) is 52.4 Å². The molecule has 0 aromatic carbocycles. The zero-order chi connectivity index (χ0) is 11.1. The molecule has 0 saturated carbocycles. The van der Waals surface area contributed by atoms with Crippen molar-refractivity contribution in [2.24, 2.45) is 0 Å². The predicted molar refractivity (Wildman–Crippen MR) is 59.7 cm³/mol. The molecule has 3 nitrogen and oxygen atoms in total. The van der Waals surface area contributed by atoms with E-state index in [1.807, 2.05) is 0 Å². The fourth-order valence-corrected chi connectivity index (χ4v) is 1.99. The second-order valence-corrected chi connectivity index (χ2v) is 4.35. The van der Waals surface area contributed by atoms with Crippen LogP contribution >= 0.6 is 0 Å². The van der Waals surface area contributed by atoms with Crippen LogP contribution in [0.5, 0.6) is 0 Å². The number of hydrogen-bond donors (Lipinski definition) is 1. The molecule has 1 saturated heterocycles. The Morgan fingerprint density at radius 2 is 1.80 bits per heavy atom. The van der Waals surface area contributed by atoms with Crippen LogP contribution in [0.4, 0.5) is 0 Å². The first-order valence-electron chi connectivity index (χ1n) is 6.19. The van der Waals surface area contributed by atoms with Crippen molar-refractivity contribution >= 4 is 0 Å². The molecule has 1 atom stereocenters. The first-order chi connectivity index (χ1) is 7.26. The third kappa shape index (κ3) is 3.74. The van der Waals surface area contributed by atoms with E-state index in [-0.39, 0.29) is 18.5 Å². The average Bonchev–Trinajstić information content (AvgIpc) is 2.68. The molecule has 0 amide bonds. The zero-order valence-electron chi connectivity index (χ0n) is 10.00. The minimum atomic E-state index is -0.389. The second-order valence-electron chi connectivity index (χ2n) is 4.35. The van der Waals surface area contributed by atoms with Gasteiger partial charge in [0.15, 0.2) is 5.79 Å². The van der Waals surface area contributed by atoms with Crippen molar-refractivity contribution in [2.45, 2.75) is 64.3 Å². The van der Waals surface area contributed by atoms with Crippen molar-refractivity contribution in [1.82, 2.24) is 0 Å². The van der Waals surface area contributed by atoms with Crippen molar-refractivity contribution in [3.8, 4) is 0 Å². The highest BCUT2D eigenvalue weighted by Crippen LogP contribution is 2.33. The van der Waals surface area contributed by atoms with Crippen molar-refractivity contribution in [3.63, 3.8) is 0 Å². The summed E-state index contributed by atoms with van der Waals surface area (Å²) in [7, 11) is 0. The molecule has 0 aliphatic carbocycles. The second kappa shape index (κ2) is 6.46. The van der Waals surface area contributed by atoms with Crippen LogP contribution < -0.4 is 0 Å². The summed E-state index contributed by atoms with van der Waals surface area (Å²) in [5, 5.41) is 9.04. The minimum Gasteiger partial charge on any atom is -0.394 e. The standard InChI is InChI=1S/C12H24O3/c1-3-5-7-12(8-6-4-2)14-10-11(9-13)15-12/h11,13H,3-10H2,1-2H3. The molecule has 1 unspecified atom stereocenters. The number of unbranched alkanes of at least 4 members (excludes halogenated alkanes) is 2. The van der Waals surface area contributed by atoms with Crippen molar-refractivity contribution < 1.29 is 14.6 Å². The Hall–Kier alpha value is -0.120. The molecular weight excluding hydrogens is 192 g/mol. The lowest BCUT2D eigenvalue weighted by molar-refractivity contribution is -0.182. The maximum atomic E-state index is 9.04. The van der Waals surface area contributed by atoms with Gasteiger partial charge < -0.3 is 14.6 Å². The largest absolute Gasteiger partial charge is 0.394 e. The van der Waals surface area contributed by atoms with Gasteiger partial charge in [-0.05, 0) is 12.8 Å². The minimum absolute atomic E-state index is 0.0694. The van der Waals surface area contributed by atoms with Crippen molar-refractivity contribution in [2.75, 3.05) is 13.2 Å². The lowest BCUT2D eigenvalue weighted by atomic mass is 10.0. The molecular formula is C12H24O3. The average molecular weight is 216 g/mol. The first kappa shape index (κ1) is 12.9. The van der Waals surface area contributed by atoms with E-state index in [1.165, 1.54) is 0 Å². The molecule has 0 bridgehead atoms. The van der Waals surface area contributed by atoms with Crippen LogP contribution in [0, 0.1) is 0 Å². The molecule has 3 heteroatoms. The maximum absolute atomic E-state index is 9.04. The summed E-state index contributed by atoms with van der Waals surface area (Å²) in [5.74, 6) is -0.389. The van der Waals surface area contributed by atoms with E-state index in [0.29, 0.717) is 6.61 Å². The molecule has 1 aliphatic heterocycles. The highest BCUT2D eigenvalue weighted by atomic mass is 16.7. The normalized spacial score (nSPS) is 24.6. The van der Waals surface area contributed by atoms with Gasteiger partial charge in [0.2, 0.25) is 0 Å². The Bertz CT molecular complexity index is 162. The lowest BCUT2D eigenvalue weighted by Crippen LogP contribution is -2.31. The molecule has 1 N–H and O–H groups in total. The van der Waals surface area contributed by atoms with E-state index in [9.17, 15) is 0 Å². The van der Waals surface area contributed by atoms with Gasteiger partial charge in [0.05, 0.1) is 13.2 Å². The van der Waals surface area contributed by atoms with Crippen LogP contribution in [0.3, 0.4) is 0 Å². The molecule has 1 rings (SSSR count). The van der Waals surface area contributed by atoms with Gasteiger partial charge in [0.1, 0.15) is 6.10 Å². The van der Waals surface area contributed by atoms with Gasteiger partial charge in [-0.2, -0.15) is 0 Å². The van der Waals surface area contributed by atoms with Crippen LogP contribution in [-0.4, -0.2) is 30.2 Å². The Morgan fingerprint density at radius 1 is 1.20 bits per heavy atom. The highest BCUT2D eigenvalue weighted by molar-refractivity contribution is 4.78. The lowest BCUT2D eigenvalue weighted by Gasteiger charge is -2.28. The first-order valence-corrected chi connectivity index (χ1v) is 6.19. The van der Waals surface area contributed by atoms with Gasteiger partial charge >= 0.3 is 0 Å². The summed E-state index contributed by atoms with van der Waals surface area (Å²) < 4.78 is 11.6. The van der Waals surface area contributed by atoms with Crippen LogP contribution in [0.25, 0.3) is 0 Å². The number of hydrogen-bond acceptors (Lipinski definition) is 3. The number of aliphatic hydroxyl groups excluding tert-OH is 1. The molecule has 1 heterocycles. The van der Waals surface area contributed by atoms with E-state index in [1.54, 1.807) is 0 Å². The van der Waals surface area contributed by atoms with Gasteiger partial charge in [-0.15, -0.1) is 0 Å². The quantitative estimate of drug-likeness (QED) is 0.710. The Kier molecular flexibility index (Phi) is 5.58. The monoisotopic (exact) mass is 216 g/mol. The summed E-state index contributed by atoms with van der Waals surface area (Å²) in [5.41, 5.74) is 0. The molecule has 15 heavy (non-hydrogen) atoms. The number of rotatable bonds is 7. The summed E-state index contributed by atoms with van der Waals surface area (Å²) in [6, 6.07) is 0. The molecule has 0 aromatic rings. The van der Waals surface area contributed by atoms with E-state index in [4.69, 9.17) is 14.6 Å². The van der Waals surface area contributed by atoms with Gasteiger partial charge in [-0.3, -0.25) is 0 Å². The Labute approximate surface area is 92.8 Å². The number of aliphatic hydroxyl groups is 1. The molecule has 1 fully saturated rings. The van der Waals surface area contributed by atoms with Crippen molar-refractivity contribution in [1.29, 1.82) is 0 Å². The van der Waals surface area contributed by atoms with Gasteiger partial charge in [-0.1, -0.05) is 26.7 Å². The van der Waals surface area contributed by atoms with E-state index >= 15 is 0 Å². The topological polar surface area (TPSA) is 38.7 Å². The van der Waals surface area contributed by atoms with Crippen molar-refractivity contribution in [3.05, 3.63) is 0 Å². The number of ether oxygens (including phenoxy) is 2. The summed E-state index contributed by atoms with van der Waals surface area (Å²) >= 11 is 0.